The maximum Gasteiger partial charge on any atom is 0.253 e. The van der Waals surface area contributed by atoms with Crippen LogP contribution in [-0.4, -0.2) is 41.9 Å². The van der Waals surface area contributed by atoms with Crippen molar-refractivity contribution in [3.8, 4) is 0 Å². The topological polar surface area (TPSA) is 75.4 Å². The van der Waals surface area contributed by atoms with Gasteiger partial charge in [-0.1, -0.05) is 11.6 Å². The number of nitrogens with two attached hydrogens (primary N) is 1. The molecular weight excluding hydrogens is 314 g/mol. The van der Waals surface area contributed by atoms with Gasteiger partial charge in [-0.05, 0) is 51.0 Å². The summed E-state index contributed by atoms with van der Waals surface area (Å²) in [6, 6.07) is 6.83. The Balaban J connectivity index is 1.96. The van der Waals surface area contributed by atoms with Gasteiger partial charge in [-0.25, -0.2) is 0 Å². The lowest BCUT2D eigenvalue weighted by atomic mass is 9.96. The van der Waals surface area contributed by atoms with E-state index in [0.717, 1.165) is 12.8 Å². The van der Waals surface area contributed by atoms with Crippen molar-refractivity contribution in [1.29, 1.82) is 0 Å². The summed E-state index contributed by atoms with van der Waals surface area (Å²) >= 11 is 5.85. The molecule has 0 radical (unpaired) electrons. The number of rotatable bonds is 4. The lowest BCUT2D eigenvalue weighted by Gasteiger charge is -2.32. The smallest absolute Gasteiger partial charge is 0.253 e. The van der Waals surface area contributed by atoms with E-state index in [1.165, 1.54) is 0 Å². The molecule has 0 saturated carbocycles. The van der Waals surface area contributed by atoms with Crippen molar-refractivity contribution < 1.29 is 9.59 Å². The Labute approximate surface area is 142 Å². The maximum atomic E-state index is 12.5. The van der Waals surface area contributed by atoms with Gasteiger partial charge in [0.05, 0.1) is 5.92 Å². The molecule has 1 saturated heterocycles. The molecule has 5 nitrogen and oxygen atoms in total. The van der Waals surface area contributed by atoms with Crippen LogP contribution >= 0.6 is 11.6 Å². The zero-order valence-corrected chi connectivity index (χ0v) is 14.4. The number of hydrogen-bond acceptors (Lipinski definition) is 3. The number of piperidine rings is 1. The van der Waals surface area contributed by atoms with Crippen molar-refractivity contribution in [3.63, 3.8) is 0 Å². The normalized spacial score (nSPS) is 18.6. The fraction of sp³-hybridized carbons (Fsp3) is 0.529. The molecule has 6 heteroatoms. The number of halogens is 1. The molecule has 3 N–H and O–H groups in total. The van der Waals surface area contributed by atoms with E-state index >= 15 is 0 Å². The van der Waals surface area contributed by atoms with Gasteiger partial charge in [0.25, 0.3) is 5.91 Å². The molecule has 126 valence electrons. The molecule has 2 rings (SSSR count). The summed E-state index contributed by atoms with van der Waals surface area (Å²) in [7, 11) is 0. The monoisotopic (exact) mass is 337 g/mol. The average molecular weight is 338 g/mol. The van der Waals surface area contributed by atoms with Crippen molar-refractivity contribution in [2.45, 2.75) is 32.2 Å². The first-order chi connectivity index (χ1) is 10.8. The van der Waals surface area contributed by atoms with Crippen molar-refractivity contribution in [2.24, 2.45) is 11.7 Å². The molecule has 1 heterocycles. The van der Waals surface area contributed by atoms with Gasteiger partial charge >= 0.3 is 0 Å². The quantitative estimate of drug-likeness (QED) is 0.882. The van der Waals surface area contributed by atoms with Crippen molar-refractivity contribution in [2.75, 3.05) is 19.6 Å². The summed E-state index contributed by atoms with van der Waals surface area (Å²) in [5.41, 5.74) is 6.04. The Morgan fingerprint density at radius 1 is 1.35 bits per heavy atom. The molecule has 0 aromatic heterocycles. The number of nitrogens with one attached hydrogen (secondary N) is 1. The molecule has 1 aromatic rings. The summed E-state index contributed by atoms with van der Waals surface area (Å²) in [5, 5.41) is 3.48. The predicted octanol–water partition coefficient (Wildman–Crippen LogP) is 2.05. The minimum Gasteiger partial charge on any atom is -0.354 e. The molecule has 1 aromatic carbocycles. The van der Waals surface area contributed by atoms with Crippen molar-refractivity contribution >= 4 is 23.4 Å². The molecule has 1 unspecified atom stereocenters. The fourth-order valence-corrected chi connectivity index (χ4v) is 2.74. The number of nitrogens with zero attached hydrogens (tertiary/aromatic N) is 1. The second-order valence-corrected chi connectivity index (χ2v) is 7.24. The Morgan fingerprint density at radius 3 is 2.61 bits per heavy atom. The SMILES string of the molecule is CC(C)(N)CNC(=O)C1CCCN(C(=O)c2ccc(Cl)cc2)C1. The largest absolute Gasteiger partial charge is 0.354 e. The summed E-state index contributed by atoms with van der Waals surface area (Å²) in [5.74, 6) is -0.266. The van der Waals surface area contributed by atoms with Crippen LogP contribution in [0.25, 0.3) is 0 Å². The number of carbonyl (C=O) groups is 2. The first-order valence-corrected chi connectivity index (χ1v) is 8.25. The number of likely N-dealkylation sites (tertiary alicyclic amines) is 1. The third-order valence-electron chi connectivity index (χ3n) is 3.89. The van der Waals surface area contributed by atoms with E-state index in [1.807, 2.05) is 13.8 Å². The minimum atomic E-state index is -0.441. The lowest BCUT2D eigenvalue weighted by molar-refractivity contribution is -0.126. The Kier molecular flexibility index (Phi) is 5.65. The molecular formula is C17H24ClN3O2. The molecule has 2 amide bonds. The second kappa shape index (κ2) is 7.32. The van der Waals surface area contributed by atoms with Gasteiger partial charge in [0, 0.05) is 35.8 Å². The highest BCUT2D eigenvalue weighted by molar-refractivity contribution is 6.30. The minimum absolute atomic E-state index is 0.0304. The van der Waals surface area contributed by atoms with E-state index < -0.39 is 5.54 Å². The van der Waals surface area contributed by atoms with Crippen molar-refractivity contribution in [1.82, 2.24) is 10.2 Å². The van der Waals surface area contributed by atoms with E-state index in [1.54, 1.807) is 29.2 Å². The third-order valence-corrected chi connectivity index (χ3v) is 4.14. The number of benzene rings is 1. The van der Waals surface area contributed by atoms with Crippen LogP contribution in [0.15, 0.2) is 24.3 Å². The Morgan fingerprint density at radius 2 is 2.00 bits per heavy atom. The molecule has 23 heavy (non-hydrogen) atoms. The second-order valence-electron chi connectivity index (χ2n) is 6.80. The molecule has 1 fully saturated rings. The highest BCUT2D eigenvalue weighted by Gasteiger charge is 2.29. The van der Waals surface area contributed by atoms with Crippen LogP contribution in [0.2, 0.25) is 5.02 Å². The zero-order chi connectivity index (χ0) is 17.0. The van der Waals surface area contributed by atoms with Gasteiger partial charge in [0.2, 0.25) is 5.91 Å². The molecule has 1 aliphatic rings. The van der Waals surface area contributed by atoms with Crippen LogP contribution < -0.4 is 11.1 Å². The lowest BCUT2D eigenvalue weighted by Crippen LogP contribution is -2.50. The highest BCUT2D eigenvalue weighted by atomic mass is 35.5. The molecule has 0 aliphatic carbocycles. The standard InChI is InChI=1S/C17H24ClN3O2/c1-17(2,19)11-20-15(22)13-4-3-9-21(10-13)16(23)12-5-7-14(18)8-6-12/h5-8,13H,3-4,9-11,19H2,1-2H3,(H,20,22). The molecule has 1 atom stereocenters. The third kappa shape index (κ3) is 5.22. The molecule has 0 bridgehead atoms. The number of hydrogen-bond donors (Lipinski definition) is 2. The van der Waals surface area contributed by atoms with Gasteiger partial charge in [-0.15, -0.1) is 0 Å². The average Bonchev–Trinajstić information content (AvgIpc) is 2.52. The predicted molar refractivity (Wildman–Crippen MR) is 91.4 cm³/mol. The van der Waals surface area contributed by atoms with Crippen LogP contribution in [0.1, 0.15) is 37.0 Å². The molecule has 0 spiro atoms. The summed E-state index contributed by atoms with van der Waals surface area (Å²) in [6.45, 7) is 5.27. The van der Waals surface area contributed by atoms with Gasteiger partial charge in [-0.3, -0.25) is 9.59 Å². The summed E-state index contributed by atoms with van der Waals surface area (Å²) in [6.07, 6.45) is 1.62. The van der Waals surface area contributed by atoms with Gasteiger partial charge in [-0.2, -0.15) is 0 Å². The number of carbonyl (C=O) groups excluding carboxylic acids is 2. The fourth-order valence-electron chi connectivity index (χ4n) is 2.61. The van der Waals surface area contributed by atoms with Crippen LogP contribution in [-0.2, 0) is 4.79 Å². The van der Waals surface area contributed by atoms with Crippen molar-refractivity contribution in [3.05, 3.63) is 34.9 Å². The van der Waals surface area contributed by atoms with Gasteiger partial charge < -0.3 is 16.0 Å². The van der Waals surface area contributed by atoms with Crippen LogP contribution in [0.4, 0.5) is 0 Å². The first kappa shape index (κ1) is 17.8. The number of amides is 2. The maximum absolute atomic E-state index is 12.5. The van der Waals surface area contributed by atoms with Crippen LogP contribution in [0, 0.1) is 5.92 Å². The van der Waals surface area contributed by atoms with E-state index in [4.69, 9.17) is 17.3 Å². The van der Waals surface area contributed by atoms with E-state index in [2.05, 4.69) is 5.32 Å². The van der Waals surface area contributed by atoms with Crippen LogP contribution in [0.3, 0.4) is 0 Å². The Bertz CT molecular complexity index is 566. The van der Waals surface area contributed by atoms with Gasteiger partial charge in [0.15, 0.2) is 0 Å². The summed E-state index contributed by atoms with van der Waals surface area (Å²) in [4.78, 5) is 26.5. The first-order valence-electron chi connectivity index (χ1n) is 7.88. The van der Waals surface area contributed by atoms with Crippen LogP contribution in [0.5, 0.6) is 0 Å². The van der Waals surface area contributed by atoms with E-state index in [-0.39, 0.29) is 17.7 Å². The molecule has 1 aliphatic heterocycles. The summed E-state index contributed by atoms with van der Waals surface area (Å²) < 4.78 is 0. The van der Waals surface area contributed by atoms with Gasteiger partial charge in [0.1, 0.15) is 0 Å². The Hall–Kier alpha value is -1.59. The van der Waals surface area contributed by atoms with E-state index in [0.29, 0.717) is 30.2 Å². The zero-order valence-electron chi connectivity index (χ0n) is 13.6. The van der Waals surface area contributed by atoms with E-state index in [9.17, 15) is 9.59 Å². The highest BCUT2D eigenvalue weighted by Crippen LogP contribution is 2.20.